The van der Waals surface area contributed by atoms with E-state index in [2.05, 4.69) is 5.10 Å². The number of amides is 1. The predicted molar refractivity (Wildman–Crippen MR) is 65.0 cm³/mol. The van der Waals surface area contributed by atoms with Crippen molar-refractivity contribution < 1.29 is 18.0 Å². The Labute approximate surface area is 112 Å². The zero-order valence-corrected chi connectivity index (χ0v) is 10.2. The van der Waals surface area contributed by atoms with E-state index >= 15 is 0 Å². The Morgan fingerprint density at radius 3 is 2.55 bits per heavy atom. The fraction of sp³-hybridized carbons (Fsp3) is 0.167. The fourth-order valence-electron chi connectivity index (χ4n) is 1.73. The number of nitrogens with zero attached hydrogens (tertiary/aromatic N) is 2. The molecule has 0 spiro atoms. The third-order valence-electron chi connectivity index (χ3n) is 2.74. The quantitative estimate of drug-likeness (QED) is 0.894. The first kappa shape index (κ1) is 14.1. The molecule has 0 saturated heterocycles. The smallest absolute Gasteiger partial charge is 0.366 e. The highest BCUT2D eigenvalue weighted by molar-refractivity contribution is 5.92. The first-order valence-electron chi connectivity index (χ1n) is 5.58. The molecule has 4 N–H and O–H groups in total. The number of primary amides is 1. The predicted octanol–water partition coefficient (Wildman–Crippen LogP) is 1.45. The highest BCUT2D eigenvalue weighted by atomic mass is 19.4. The van der Waals surface area contributed by atoms with Crippen molar-refractivity contribution in [1.82, 2.24) is 9.78 Å². The Morgan fingerprint density at radius 2 is 2.05 bits per heavy atom. The van der Waals surface area contributed by atoms with Crippen molar-refractivity contribution in [3.05, 3.63) is 47.3 Å². The summed E-state index contributed by atoms with van der Waals surface area (Å²) in [7, 11) is 0. The summed E-state index contributed by atoms with van der Waals surface area (Å²) in [5, 5.41) is 3.89. The molecule has 1 amide bonds. The van der Waals surface area contributed by atoms with Crippen LogP contribution in [-0.4, -0.2) is 15.7 Å². The number of halogens is 3. The molecule has 2 aromatic rings. The van der Waals surface area contributed by atoms with Crippen molar-refractivity contribution in [1.29, 1.82) is 0 Å². The van der Waals surface area contributed by atoms with E-state index in [0.717, 1.165) is 12.1 Å². The van der Waals surface area contributed by atoms with Gasteiger partial charge in [-0.25, -0.2) is 4.68 Å². The molecule has 0 fully saturated rings. The summed E-state index contributed by atoms with van der Waals surface area (Å²) in [5.74, 6) is -0.669. The number of hydrogen-bond acceptors (Lipinski definition) is 3. The van der Waals surface area contributed by atoms with Crippen molar-refractivity contribution in [2.75, 3.05) is 0 Å². The summed E-state index contributed by atoms with van der Waals surface area (Å²) in [6, 6.07) is 3.14. The molecule has 0 unspecified atom stereocenters. The van der Waals surface area contributed by atoms with E-state index in [4.69, 9.17) is 11.5 Å². The van der Waals surface area contributed by atoms with E-state index in [9.17, 15) is 18.0 Å². The van der Waals surface area contributed by atoms with Gasteiger partial charge in [-0.05, 0) is 23.8 Å². The fourth-order valence-corrected chi connectivity index (χ4v) is 1.73. The maximum atomic E-state index is 12.6. The van der Waals surface area contributed by atoms with Gasteiger partial charge >= 0.3 is 6.18 Å². The zero-order chi connectivity index (χ0) is 14.9. The van der Waals surface area contributed by atoms with Crippen molar-refractivity contribution >= 4 is 5.91 Å². The monoisotopic (exact) mass is 284 g/mol. The molecule has 0 aliphatic heterocycles. The van der Waals surface area contributed by atoms with Gasteiger partial charge in [0.2, 0.25) is 0 Å². The maximum Gasteiger partial charge on any atom is 0.416 e. The lowest BCUT2D eigenvalue weighted by atomic mass is 10.1. The number of benzene rings is 1. The minimum Gasteiger partial charge on any atom is -0.366 e. The molecule has 20 heavy (non-hydrogen) atoms. The average Bonchev–Trinajstić information content (AvgIpc) is 2.86. The van der Waals surface area contributed by atoms with Gasteiger partial charge in [-0.15, -0.1) is 0 Å². The van der Waals surface area contributed by atoms with Gasteiger partial charge in [0, 0.05) is 12.7 Å². The third kappa shape index (κ3) is 2.64. The second kappa shape index (κ2) is 4.97. The Balaban J connectivity index is 2.48. The summed E-state index contributed by atoms with van der Waals surface area (Å²) >= 11 is 0. The topological polar surface area (TPSA) is 86.9 Å². The number of hydrogen-bond donors (Lipinski definition) is 2. The van der Waals surface area contributed by atoms with Crippen LogP contribution in [0, 0.1) is 0 Å². The van der Waals surface area contributed by atoms with E-state index in [0.29, 0.717) is 5.69 Å². The van der Waals surface area contributed by atoms with Crippen LogP contribution in [0.1, 0.15) is 21.5 Å². The average molecular weight is 284 g/mol. The lowest BCUT2D eigenvalue weighted by Crippen LogP contribution is -2.11. The molecule has 1 aromatic heterocycles. The highest BCUT2D eigenvalue weighted by Gasteiger charge is 2.31. The summed E-state index contributed by atoms with van der Waals surface area (Å²) in [6.45, 7) is -0.0922. The number of carbonyl (C=O) groups is 1. The molecule has 2 rings (SSSR count). The Morgan fingerprint density at radius 1 is 1.35 bits per heavy atom. The van der Waals surface area contributed by atoms with Gasteiger partial charge in [0.1, 0.15) is 0 Å². The first-order valence-corrected chi connectivity index (χ1v) is 5.58. The lowest BCUT2D eigenvalue weighted by Gasteiger charge is -2.12. The molecular weight excluding hydrogens is 273 g/mol. The van der Waals surface area contributed by atoms with Gasteiger partial charge in [-0.3, -0.25) is 4.79 Å². The van der Waals surface area contributed by atoms with Gasteiger partial charge in [0.05, 0.1) is 23.0 Å². The van der Waals surface area contributed by atoms with Crippen LogP contribution in [0.4, 0.5) is 13.2 Å². The molecule has 1 aromatic carbocycles. The molecule has 1 heterocycles. The van der Waals surface area contributed by atoms with Crippen molar-refractivity contribution in [3.63, 3.8) is 0 Å². The van der Waals surface area contributed by atoms with E-state index in [-0.39, 0.29) is 17.7 Å². The minimum atomic E-state index is -4.44. The van der Waals surface area contributed by atoms with Crippen LogP contribution in [0.25, 0.3) is 5.69 Å². The third-order valence-corrected chi connectivity index (χ3v) is 2.74. The summed E-state index contributed by atoms with van der Waals surface area (Å²) < 4.78 is 39.1. The molecule has 0 atom stereocenters. The SMILES string of the molecule is NCc1cc(C(F)(F)F)ccc1-n1cc(C(N)=O)cn1. The van der Waals surface area contributed by atoms with Crippen LogP contribution in [0.3, 0.4) is 0 Å². The number of rotatable bonds is 3. The lowest BCUT2D eigenvalue weighted by molar-refractivity contribution is -0.137. The Bertz CT molecular complexity index is 648. The van der Waals surface area contributed by atoms with Crippen LogP contribution in [0.15, 0.2) is 30.6 Å². The molecule has 0 saturated carbocycles. The molecule has 0 bridgehead atoms. The van der Waals surface area contributed by atoms with Gasteiger partial charge < -0.3 is 11.5 Å². The van der Waals surface area contributed by atoms with E-state index in [1.54, 1.807) is 0 Å². The molecule has 5 nitrogen and oxygen atoms in total. The maximum absolute atomic E-state index is 12.6. The minimum absolute atomic E-state index is 0.0922. The summed E-state index contributed by atoms with van der Waals surface area (Å²) in [4.78, 5) is 11.0. The normalized spacial score (nSPS) is 11.6. The number of aromatic nitrogens is 2. The van der Waals surface area contributed by atoms with Gasteiger partial charge in [-0.2, -0.15) is 18.3 Å². The summed E-state index contributed by atoms with van der Waals surface area (Å²) in [5.41, 5.74) is 10.6. The molecular formula is C12H11F3N4O. The van der Waals surface area contributed by atoms with Gasteiger partial charge in [-0.1, -0.05) is 0 Å². The van der Waals surface area contributed by atoms with Crippen LogP contribution in [0.2, 0.25) is 0 Å². The van der Waals surface area contributed by atoms with Crippen molar-refractivity contribution in [2.24, 2.45) is 11.5 Å². The molecule has 0 radical (unpaired) electrons. The van der Waals surface area contributed by atoms with E-state index in [1.807, 2.05) is 0 Å². The van der Waals surface area contributed by atoms with Crippen molar-refractivity contribution in [3.8, 4) is 5.69 Å². The van der Waals surface area contributed by atoms with Crippen LogP contribution in [-0.2, 0) is 12.7 Å². The number of carbonyl (C=O) groups excluding carboxylic acids is 1. The van der Waals surface area contributed by atoms with Gasteiger partial charge in [0.25, 0.3) is 5.91 Å². The van der Waals surface area contributed by atoms with E-state index < -0.39 is 17.6 Å². The molecule has 0 aliphatic carbocycles. The largest absolute Gasteiger partial charge is 0.416 e. The van der Waals surface area contributed by atoms with E-state index in [1.165, 1.54) is 23.1 Å². The van der Waals surface area contributed by atoms with Crippen LogP contribution < -0.4 is 11.5 Å². The Hall–Kier alpha value is -2.35. The number of nitrogens with two attached hydrogens (primary N) is 2. The number of alkyl halides is 3. The van der Waals surface area contributed by atoms with Crippen LogP contribution >= 0.6 is 0 Å². The molecule has 8 heteroatoms. The Kier molecular flexibility index (Phi) is 3.49. The summed E-state index contributed by atoms with van der Waals surface area (Å²) in [6.07, 6.45) is -1.87. The first-order chi connectivity index (χ1) is 9.32. The van der Waals surface area contributed by atoms with Gasteiger partial charge in [0.15, 0.2) is 0 Å². The molecule has 0 aliphatic rings. The standard InChI is InChI=1S/C12H11F3N4O/c13-12(14,15)9-1-2-10(7(3-9)4-16)19-6-8(5-18-19)11(17)20/h1-3,5-6H,4,16H2,(H2,17,20). The van der Waals surface area contributed by atoms with Crippen molar-refractivity contribution in [2.45, 2.75) is 12.7 Å². The second-order valence-electron chi connectivity index (χ2n) is 4.08. The zero-order valence-electron chi connectivity index (χ0n) is 10.2. The van der Waals surface area contributed by atoms with Crippen LogP contribution in [0.5, 0.6) is 0 Å². The highest BCUT2D eigenvalue weighted by Crippen LogP contribution is 2.31. The molecule has 106 valence electrons. The second-order valence-corrected chi connectivity index (χ2v) is 4.08.